The van der Waals surface area contributed by atoms with Crippen LogP contribution in [0.1, 0.15) is 17.3 Å². The average Bonchev–Trinajstić information content (AvgIpc) is 2.77. The lowest BCUT2D eigenvalue weighted by atomic mass is 10.3. The van der Waals surface area contributed by atoms with Crippen molar-refractivity contribution in [2.45, 2.75) is 20.4 Å². The van der Waals surface area contributed by atoms with Gasteiger partial charge in [-0.1, -0.05) is 11.6 Å². The number of nitro benzene ring substituents is 1. The number of amides is 2. The monoisotopic (exact) mass is 324 g/mol. The maximum Gasteiger partial charge on any atom is 0.319 e. The van der Waals surface area contributed by atoms with Crippen LogP contribution in [0, 0.1) is 24.0 Å². The molecule has 1 aromatic carbocycles. The molecule has 9 heteroatoms. The van der Waals surface area contributed by atoms with Crippen LogP contribution < -0.4 is 10.6 Å². The molecule has 0 unspecified atom stereocenters. The molecule has 0 atom stereocenters. The molecule has 116 valence electrons. The second kappa shape index (κ2) is 6.44. The first-order valence-electron chi connectivity index (χ1n) is 6.28. The number of aryl methyl sites for hydroxylation is 2. The van der Waals surface area contributed by atoms with Crippen LogP contribution >= 0.6 is 11.6 Å². The lowest BCUT2D eigenvalue weighted by Crippen LogP contribution is -2.28. The van der Waals surface area contributed by atoms with Gasteiger partial charge in [0, 0.05) is 12.1 Å². The Labute approximate surface area is 130 Å². The number of nitrogens with one attached hydrogen (secondary N) is 2. The number of rotatable bonds is 4. The summed E-state index contributed by atoms with van der Waals surface area (Å²) in [5, 5.41) is 15.7. The van der Waals surface area contributed by atoms with E-state index >= 15 is 0 Å². The molecule has 0 spiro atoms. The predicted molar refractivity (Wildman–Crippen MR) is 79.9 cm³/mol. The third-order valence-corrected chi connectivity index (χ3v) is 3.20. The molecule has 0 aliphatic heterocycles. The number of anilines is 1. The van der Waals surface area contributed by atoms with Gasteiger partial charge in [0.1, 0.15) is 5.76 Å². The Morgan fingerprint density at radius 1 is 1.45 bits per heavy atom. The summed E-state index contributed by atoms with van der Waals surface area (Å²) in [6.45, 7) is 3.70. The number of oxazole rings is 1. The minimum absolute atomic E-state index is 0.0761. The maximum absolute atomic E-state index is 11.8. The van der Waals surface area contributed by atoms with E-state index in [1.807, 2.05) is 0 Å². The summed E-state index contributed by atoms with van der Waals surface area (Å²) in [6.07, 6.45) is 0. The van der Waals surface area contributed by atoms with E-state index in [0.29, 0.717) is 11.7 Å². The molecular formula is C13H13ClN4O4. The summed E-state index contributed by atoms with van der Waals surface area (Å²) in [7, 11) is 0. The van der Waals surface area contributed by atoms with Crippen molar-refractivity contribution in [3.63, 3.8) is 0 Å². The molecule has 1 heterocycles. The Kier molecular flexibility index (Phi) is 4.62. The summed E-state index contributed by atoms with van der Waals surface area (Å²) in [4.78, 5) is 25.9. The van der Waals surface area contributed by atoms with Crippen LogP contribution in [0.3, 0.4) is 0 Å². The quantitative estimate of drug-likeness (QED) is 0.663. The molecule has 0 radical (unpaired) electrons. The number of hydrogen-bond acceptors (Lipinski definition) is 5. The standard InChI is InChI=1S/C13H13ClN4O4/c1-7-8(2)22-12(16-7)6-15-13(19)17-11-4-3-9(18(20)21)5-10(11)14/h3-5H,6H2,1-2H3,(H2,15,17,19). The number of urea groups is 1. The number of non-ortho nitro benzene ring substituents is 1. The minimum Gasteiger partial charge on any atom is -0.444 e. The van der Waals surface area contributed by atoms with E-state index < -0.39 is 11.0 Å². The normalized spacial score (nSPS) is 10.3. The van der Waals surface area contributed by atoms with Crippen molar-refractivity contribution < 1.29 is 14.1 Å². The molecule has 0 saturated carbocycles. The van der Waals surface area contributed by atoms with Gasteiger partial charge in [0.2, 0.25) is 5.89 Å². The molecule has 2 N–H and O–H groups in total. The number of aromatic nitrogens is 1. The van der Waals surface area contributed by atoms with Crippen LogP contribution in [-0.4, -0.2) is 15.9 Å². The van der Waals surface area contributed by atoms with Gasteiger partial charge in [-0.3, -0.25) is 10.1 Å². The van der Waals surface area contributed by atoms with Gasteiger partial charge in [0.15, 0.2) is 0 Å². The molecule has 2 rings (SSSR count). The topological polar surface area (TPSA) is 110 Å². The highest BCUT2D eigenvalue weighted by molar-refractivity contribution is 6.33. The average molecular weight is 325 g/mol. The molecule has 0 fully saturated rings. The predicted octanol–water partition coefficient (Wildman–Crippen LogP) is 3.17. The number of carbonyl (C=O) groups excluding carboxylic acids is 1. The van der Waals surface area contributed by atoms with E-state index in [9.17, 15) is 14.9 Å². The Balaban J connectivity index is 1.96. The second-order valence-electron chi connectivity index (χ2n) is 4.48. The zero-order chi connectivity index (χ0) is 16.3. The molecule has 1 aromatic heterocycles. The van der Waals surface area contributed by atoms with E-state index in [4.69, 9.17) is 16.0 Å². The second-order valence-corrected chi connectivity index (χ2v) is 4.89. The van der Waals surface area contributed by atoms with Crippen LogP contribution in [-0.2, 0) is 6.54 Å². The van der Waals surface area contributed by atoms with Gasteiger partial charge < -0.3 is 15.1 Å². The first-order valence-corrected chi connectivity index (χ1v) is 6.66. The molecule has 0 aliphatic carbocycles. The number of benzene rings is 1. The van der Waals surface area contributed by atoms with E-state index in [-0.39, 0.29) is 22.9 Å². The summed E-state index contributed by atoms with van der Waals surface area (Å²) in [5.74, 6) is 1.08. The van der Waals surface area contributed by atoms with Gasteiger partial charge in [0.25, 0.3) is 5.69 Å². The van der Waals surface area contributed by atoms with Gasteiger partial charge in [-0.05, 0) is 19.9 Å². The van der Waals surface area contributed by atoms with E-state index in [1.54, 1.807) is 13.8 Å². The smallest absolute Gasteiger partial charge is 0.319 e. The van der Waals surface area contributed by atoms with Gasteiger partial charge in [0.05, 0.1) is 27.9 Å². The Morgan fingerprint density at radius 2 is 2.18 bits per heavy atom. The zero-order valence-electron chi connectivity index (χ0n) is 11.8. The number of halogens is 1. The van der Waals surface area contributed by atoms with Gasteiger partial charge in [-0.2, -0.15) is 0 Å². The van der Waals surface area contributed by atoms with Crippen molar-refractivity contribution in [1.82, 2.24) is 10.3 Å². The van der Waals surface area contributed by atoms with Crippen LogP contribution in [0.2, 0.25) is 5.02 Å². The van der Waals surface area contributed by atoms with Crippen LogP contribution in [0.5, 0.6) is 0 Å². The largest absolute Gasteiger partial charge is 0.444 e. The molecule has 2 amide bonds. The summed E-state index contributed by atoms with van der Waals surface area (Å²) in [6, 6.07) is 3.25. The van der Waals surface area contributed by atoms with Crippen molar-refractivity contribution >= 4 is 29.0 Å². The number of hydrogen-bond donors (Lipinski definition) is 2. The van der Waals surface area contributed by atoms with Crippen molar-refractivity contribution in [2.75, 3.05) is 5.32 Å². The molecule has 0 bridgehead atoms. The minimum atomic E-state index is -0.566. The van der Waals surface area contributed by atoms with Crippen molar-refractivity contribution in [2.24, 2.45) is 0 Å². The fourth-order valence-corrected chi connectivity index (χ4v) is 1.88. The van der Waals surface area contributed by atoms with E-state index in [0.717, 1.165) is 11.8 Å². The van der Waals surface area contributed by atoms with Gasteiger partial charge in [-0.25, -0.2) is 9.78 Å². The summed E-state index contributed by atoms with van der Waals surface area (Å²) >= 11 is 5.88. The molecule has 0 saturated heterocycles. The fraction of sp³-hybridized carbons (Fsp3) is 0.231. The maximum atomic E-state index is 11.8. The van der Waals surface area contributed by atoms with Crippen LogP contribution in [0.4, 0.5) is 16.2 Å². The van der Waals surface area contributed by atoms with E-state index in [2.05, 4.69) is 15.6 Å². The SMILES string of the molecule is Cc1nc(CNC(=O)Nc2ccc([N+](=O)[O-])cc2Cl)oc1C. The third kappa shape index (κ3) is 3.73. The first kappa shape index (κ1) is 15.8. The lowest BCUT2D eigenvalue weighted by Gasteiger charge is -2.07. The molecule has 8 nitrogen and oxygen atoms in total. The van der Waals surface area contributed by atoms with Gasteiger partial charge in [-0.15, -0.1) is 0 Å². The summed E-state index contributed by atoms with van der Waals surface area (Å²) < 4.78 is 5.33. The number of nitrogens with zero attached hydrogens (tertiary/aromatic N) is 2. The number of carbonyl (C=O) groups is 1. The molecule has 0 aliphatic rings. The first-order chi connectivity index (χ1) is 10.4. The Hall–Kier alpha value is -2.61. The Morgan fingerprint density at radius 3 is 2.73 bits per heavy atom. The molecular weight excluding hydrogens is 312 g/mol. The Bertz CT molecular complexity index is 709. The highest BCUT2D eigenvalue weighted by Gasteiger charge is 2.12. The lowest BCUT2D eigenvalue weighted by molar-refractivity contribution is -0.384. The van der Waals surface area contributed by atoms with Crippen LogP contribution in [0.15, 0.2) is 22.6 Å². The fourth-order valence-electron chi connectivity index (χ4n) is 1.66. The molecule has 22 heavy (non-hydrogen) atoms. The molecule has 2 aromatic rings. The van der Waals surface area contributed by atoms with Crippen LogP contribution in [0.25, 0.3) is 0 Å². The van der Waals surface area contributed by atoms with Crippen molar-refractivity contribution in [3.05, 3.63) is 50.7 Å². The highest BCUT2D eigenvalue weighted by Crippen LogP contribution is 2.26. The van der Waals surface area contributed by atoms with E-state index in [1.165, 1.54) is 12.1 Å². The van der Waals surface area contributed by atoms with Crippen molar-refractivity contribution in [3.8, 4) is 0 Å². The summed E-state index contributed by atoms with van der Waals surface area (Å²) in [5.41, 5.74) is 0.877. The highest BCUT2D eigenvalue weighted by atomic mass is 35.5. The van der Waals surface area contributed by atoms with Crippen molar-refractivity contribution in [1.29, 1.82) is 0 Å². The van der Waals surface area contributed by atoms with Gasteiger partial charge >= 0.3 is 6.03 Å². The third-order valence-electron chi connectivity index (χ3n) is 2.88. The zero-order valence-corrected chi connectivity index (χ0v) is 12.6. The number of nitro groups is 1.